The number of piperidine rings is 1. The molecule has 0 aromatic heterocycles. The summed E-state index contributed by atoms with van der Waals surface area (Å²) in [6.07, 6.45) is 1.11. The zero-order valence-corrected chi connectivity index (χ0v) is 14.1. The lowest BCUT2D eigenvalue weighted by Gasteiger charge is -2.34. The first-order valence-corrected chi connectivity index (χ1v) is 7.77. The maximum Gasteiger partial charge on any atom is 0.253 e. The highest BCUT2D eigenvalue weighted by Crippen LogP contribution is 2.28. The minimum Gasteiger partial charge on any atom is -0.338 e. The fraction of sp³-hybridized carbons (Fsp3) is 0.500. The summed E-state index contributed by atoms with van der Waals surface area (Å²) in [5.41, 5.74) is 0.709. The van der Waals surface area contributed by atoms with Gasteiger partial charge in [0.1, 0.15) is 0 Å². The predicted molar refractivity (Wildman–Crippen MR) is 86.8 cm³/mol. The molecule has 110 valence electrons. The normalized spacial score (nSPS) is 25.0. The van der Waals surface area contributed by atoms with Crippen molar-refractivity contribution in [2.24, 2.45) is 11.8 Å². The van der Waals surface area contributed by atoms with Crippen LogP contribution in [0.15, 0.2) is 22.7 Å². The Morgan fingerprint density at radius 2 is 2.10 bits per heavy atom. The van der Waals surface area contributed by atoms with Crippen molar-refractivity contribution in [1.29, 1.82) is 0 Å². The first kappa shape index (κ1) is 16.1. The summed E-state index contributed by atoms with van der Waals surface area (Å²) in [6, 6.07) is 5.38. The van der Waals surface area contributed by atoms with E-state index in [1.165, 1.54) is 0 Å². The van der Waals surface area contributed by atoms with Crippen LogP contribution < -0.4 is 5.32 Å². The number of rotatable bonds is 1. The molecule has 2 unspecified atom stereocenters. The molecule has 6 heteroatoms. The fourth-order valence-corrected chi connectivity index (χ4v) is 3.53. The van der Waals surface area contributed by atoms with Crippen LogP contribution in [0.3, 0.4) is 0 Å². The molecule has 1 N–H and O–H groups in total. The molecule has 0 spiro atoms. The summed E-state index contributed by atoms with van der Waals surface area (Å²) in [6.45, 7) is 3.89. The average Bonchev–Trinajstić information content (AvgIpc) is 2.88. The van der Waals surface area contributed by atoms with Gasteiger partial charge in [0.25, 0.3) is 5.91 Å². The van der Waals surface area contributed by atoms with Gasteiger partial charge in [0.2, 0.25) is 0 Å². The lowest BCUT2D eigenvalue weighted by atomic mass is 9.88. The Kier molecular flexibility index (Phi) is 5.35. The van der Waals surface area contributed by atoms with Gasteiger partial charge in [-0.25, -0.2) is 0 Å². The molecule has 2 heterocycles. The number of likely N-dealkylation sites (tertiary alicyclic amines) is 1. The van der Waals surface area contributed by atoms with E-state index in [9.17, 15) is 4.79 Å². The first-order chi connectivity index (χ1) is 9.15. The van der Waals surface area contributed by atoms with Crippen molar-refractivity contribution in [3.05, 3.63) is 33.3 Å². The quantitative estimate of drug-likeness (QED) is 0.812. The second kappa shape index (κ2) is 6.65. The molecule has 1 aromatic carbocycles. The number of amides is 1. The van der Waals surface area contributed by atoms with Gasteiger partial charge >= 0.3 is 0 Å². The largest absolute Gasteiger partial charge is 0.338 e. The van der Waals surface area contributed by atoms with Crippen LogP contribution in [0, 0.1) is 11.8 Å². The number of carbonyl (C=O) groups excluding carboxylic acids is 1. The third-order valence-corrected chi connectivity index (χ3v) is 5.37. The van der Waals surface area contributed by atoms with Gasteiger partial charge in [-0.05, 0) is 65.5 Å². The Labute approximate surface area is 138 Å². The summed E-state index contributed by atoms with van der Waals surface area (Å²) < 4.78 is 0.775. The highest BCUT2D eigenvalue weighted by atomic mass is 79.9. The molecule has 2 fully saturated rings. The van der Waals surface area contributed by atoms with Gasteiger partial charge in [0.15, 0.2) is 0 Å². The Morgan fingerprint density at radius 1 is 1.35 bits per heavy atom. The summed E-state index contributed by atoms with van der Waals surface area (Å²) >= 11 is 9.33. The molecule has 3 rings (SSSR count). The summed E-state index contributed by atoms with van der Waals surface area (Å²) in [7, 11) is 0. The van der Waals surface area contributed by atoms with Crippen molar-refractivity contribution in [1.82, 2.24) is 10.2 Å². The van der Waals surface area contributed by atoms with Crippen LogP contribution in [0.4, 0.5) is 0 Å². The van der Waals surface area contributed by atoms with Crippen molar-refractivity contribution in [3.8, 4) is 0 Å². The lowest BCUT2D eigenvalue weighted by Crippen LogP contribution is -2.43. The van der Waals surface area contributed by atoms with Gasteiger partial charge in [-0.1, -0.05) is 11.6 Å². The topological polar surface area (TPSA) is 32.3 Å². The standard InChI is InChI=1S/C14H16BrClN2O.ClH/c15-12-5-9(1-2-13(12)16)14(19)18-4-3-10-6-17-7-11(10)8-18;/h1-2,5,10-11,17H,3-4,6-8H2;1H. The van der Waals surface area contributed by atoms with Crippen LogP contribution >= 0.6 is 39.9 Å². The summed E-state index contributed by atoms with van der Waals surface area (Å²) in [5.74, 6) is 1.48. The molecule has 0 saturated carbocycles. The van der Waals surface area contributed by atoms with E-state index in [1.54, 1.807) is 12.1 Å². The fourth-order valence-electron chi connectivity index (χ4n) is 3.03. The molecule has 0 bridgehead atoms. The van der Waals surface area contributed by atoms with Crippen LogP contribution in [0.25, 0.3) is 0 Å². The van der Waals surface area contributed by atoms with E-state index < -0.39 is 0 Å². The number of hydrogen-bond acceptors (Lipinski definition) is 2. The van der Waals surface area contributed by atoms with Crippen molar-refractivity contribution in [2.75, 3.05) is 26.2 Å². The molecule has 1 aromatic rings. The van der Waals surface area contributed by atoms with Gasteiger partial charge in [0, 0.05) is 23.1 Å². The molecule has 2 aliphatic rings. The molecule has 1 amide bonds. The Balaban J connectivity index is 0.00000147. The number of carbonyl (C=O) groups is 1. The second-order valence-corrected chi connectivity index (χ2v) is 6.61. The third kappa shape index (κ3) is 3.14. The van der Waals surface area contributed by atoms with Crippen molar-refractivity contribution < 1.29 is 4.79 Å². The molecular weight excluding hydrogens is 363 g/mol. The third-order valence-electron chi connectivity index (χ3n) is 4.16. The van der Waals surface area contributed by atoms with E-state index >= 15 is 0 Å². The number of hydrogen-bond donors (Lipinski definition) is 1. The molecular formula is C14H17BrCl2N2O. The number of fused-ring (bicyclic) bond motifs is 1. The van der Waals surface area contributed by atoms with E-state index in [4.69, 9.17) is 11.6 Å². The average molecular weight is 380 g/mol. The number of nitrogens with one attached hydrogen (secondary N) is 1. The van der Waals surface area contributed by atoms with Gasteiger partial charge in [-0.2, -0.15) is 0 Å². The molecule has 3 nitrogen and oxygen atoms in total. The molecule has 0 radical (unpaired) electrons. The van der Waals surface area contributed by atoms with Gasteiger partial charge < -0.3 is 10.2 Å². The van der Waals surface area contributed by atoms with Gasteiger partial charge in [-0.15, -0.1) is 12.4 Å². The Hall–Kier alpha value is -0.290. The molecule has 2 atom stereocenters. The van der Waals surface area contributed by atoms with Crippen LogP contribution in [0.5, 0.6) is 0 Å². The van der Waals surface area contributed by atoms with Crippen LogP contribution in [0.2, 0.25) is 5.02 Å². The van der Waals surface area contributed by atoms with E-state index in [0.29, 0.717) is 16.5 Å². The van der Waals surface area contributed by atoms with Crippen molar-refractivity contribution >= 4 is 45.8 Å². The lowest BCUT2D eigenvalue weighted by molar-refractivity contribution is 0.0642. The zero-order valence-electron chi connectivity index (χ0n) is 10.9. The van der Waals surface area contributed by atoms with E-state index in [0.717, 1.165) is 43.0 Å². The SMILES string of the molecule is Cl.O=C(c1ccc(Cl)c(Br)c1)N1CCC2CNCC2C1. The monoisotopic (exact) mass is 378 g/mol. The summed E-state index contributed by atoms with van der Waals surface area (Å²) in [5, 5.41) is 4.05. The van der Waals surface area contributed by atoms with Crippen LogP contribution in [0.1, 0.15) is 16.8 Å². The number of halogens is 3. The van der Waals surface area contributed by atoms with E-state index in [1.807, 2.05) is 11.0 Å². The highest BCUT2D eigenvalue weighted by molar-refractivity contribution is 9.10. The van der Waals surface area contributed by atoms with Crippen molar-refractivity contribution in [3.63, 3.8) is 0 Å². The van der Waals surface area contributed by atoms with E-state index in [-0.39, 0.29) is 18.3 Å². The van der Waals surface area contributed by atoms with Gasteiger partial charge in [0.05, 0.1) is 5.02 Å². The number of nitrogens with zero attached hydrogens (tertiary/aromatic N) is 1. The number of benzene rings is 1. The smallest absolute Gasteiger partial charge is 0.253 e. The Bertz CT molecular complexity index is 512. The maximum atomic E-state index is 12.5. The zero-order chi connectivity index (χ0) is 13.4. The Morgan fingerprint density at radius 3 is 2.85 bits per heavy atom. The highest BCUT2D eigenvalue weighted by Gasteiger charge is 2.34. The molecule has 2 aliphatic heterocycles. The van der Waals surface area contributed by atoms with Crippen LogP contribution in [-0.2, 0) is 0 Å². The molecule has 2 saturated heterocycles. The van der Waals surface area contributed by atoms with E-state index in [2.05, 4.69) is 21.2 Å². The maximum absolute atomic E-state index is 12.5. The van der Waals surface area contributed by atoms with Crippen molar-refractivity contribution in [2.45, 2.75) is 6.42 Å². The minimum atomic E-state index is 0. The predicted octanol–water partition coefficient (Wildman–Crippen LogP) is 3.21. The minimum absolute atomic E-state index is 0. The summed E-state index contributed by atoms with van der Waals surface area (Å²) in [4.78, 5) is 14.5. The second-order valence-electron chi connectivity index (χ2n) is 5.35. The molecule has 0 aliphatic carbocycles. The first-order valence-electron chi connectivity index (χ1n) is 6.60. The van der Waals surface area contributed by atoms with Gasteiger partial charge in [-0.3, -0.25) is 4.79 Å². The molecule has 20 heavy (non-hydrogen) atoms. The van der Waals surface area contributed by atoms with Crippen LogP contribution in [-0.4, -0.2) is 37.0 Å².